The number of para-hydroxylation sites is 1. The topological polar surface area (TPSA) is 88.2 Å². The molecule has 0 aliphatic carbocycles. The van der Waals surface area contributed by atoms with Crippen LogP contribution >= 0.6 is 11.6 Å². The molecule has 1 aromatic heterocycles. The third kappa shape index (κ3) is 4.43. The third-order valence-corrected chi connectivity index (χ3v) is 6.59. The number of ether oxygens (including phenoxy) is 1. The first kappa shape index (κ1) is 25.0. The van der Waals surface area contributed by atoms with Crippen molar-refractivity contribution in [1.29, 1.82) is 5.26 Å². The normalized spacial score (nSPS) is 15.9. The van der Waals surface area contributed by atoms with Gasteiger partial charge < -0.3 is 4.74 Å². The summed E-state index contributed by atoms with van der Waals surface area (Å²) in [6.45, 7) is 5.31. The van der Waals surface area contributed by atoms with E-state index in [4.69, 9.17) is 21.4 Å². The summed E-state index contributed by atoms with van der Waals surface area (Å²) in [4.78, 5) is 27.6. The zero-order valence-corrected chi connectivity index (χ0v) is 21.2. The van der Waals surface area contributed by atoms with Crippen molar-refractivity contribution in [3.63, 3.8) is 0 Å². The van der Waals surface area contributed by atoms with Crippen LogP contribution < -0.4 is 4.74 Å². The Morgan fingerprint density at radius 3 is 2.50 bits per heavy atom. The summed E-state index contributed by atoms with van der Waals surface area (Å²) in [5, 5.41) is 14.9. The van der Waals surface area contributed by atoms with Crippen molar-refractivity contribution in [2.45, 2.75) is 33.2 Å². The van der Waals surface area contributed by atoms with Crippen molar-refractivity contribution in [2.75, 3.05) is 7.11 Å². The van der Waals surface area contributed by atoms with Crippen LogP contribution in [0.25, 0.3) is 23.0 Å². The predicted molar refractivity (Wildman–Crippen MR) is 138 cm³/mol. The largest absolute Gasteiger partial charge is 0.495 e. The van der Waals surface area contributed by atoms with Crippen LogP contribution in [0.5, 0.6) is 5.75 Å². The molecule has 7 nitrogen and oxygen atoms in total. The van der Waals surface area contributed by atoms with E-state index in [2.05, 4.69) is 0 Å². The van der Waals surface area contributed by atoms with Gasteiger partial charge in [-0.2, -0.15) is 10.4 Å². The van der Waals surface area contributed by atoms with Gasteiger partial charge in [-0.25, -0.2) is 4.68 Å². The van der Waals surface area contributed by atoms with Crippen LogP contribution in [0.2, 0.25) is 5.02 Å². The summed E-state index contributed by atoms with van der Waals surface area (Å²) >= 11 is 6.40. The molecule has 1 atom stereocenters. The number of carbonyl (C=O) groups excluding carboxylic acids is 2. The van der Waals surface area contributed by atoms with Gasteiger partial charge in [-0.1, -0.05) is 36.7 Å². The molecular formula is C28H25ClN4O3. The highest BCUT2D eigenvalue weighted by Crippen LogP contribution is 2.34. The smallest absolute Gasteiger partial charge is 0.271 e. The Morgan fingerprint density at radius 2 is 1.89 bits per heavy atom. The number of imide groups is 1. The zero-order valence-electron chi connectivity index (χ0n) is 20.4. The van der Waals surface area contributed by atoms with Crippen molar-refractivity contribution in [3.05, 3.63) is 82.0 Å². The molecule has 0 fully saturated rings. The third-order valence-electron chi connectivity index (χ3n) is 6.29. The van der Waals surface area contributed by atoms with Gasteiger partial charge in [0.1, 0.15) is 23.1 Å². The first-order chi connectivity index (χ1) is 17.3. The minimum Gasteiger partial charge on any atom is -0.495 e. The predicted octanol–water partition coefficient (Wildman–Crippen LogP) is 5.59. The van der Waals surface area contributed by atoms with Gasteiger partial charge >= 0.3 is 0 Å². The van der Waals surface area contributed by atoms with Gasteiger partial charge in [-0.3, -0.25) is 14.5 Å². The molecule has 0 spiro atoms. The first-order valence-electron chi connectivity index (χ1n) is 11.5. The lowest BCUT2D eigenvalue weighted by Gasteiger charge is -2.31. The first-order valence-corrected chi connectivity index (χ1v) is 11.9. The Balaban J connectivity index is 1.94. The molecule has 1 aliphatic heterocycles. The highest BCUT2D eigenvalue weighted by Gasteiger charge is 2.37. The van der Waals surface area contributed by atoms with Crippen LogP contribution in [0.3, 0.4) is 0 Å². The van der Waals surface area contributed by atoms with E-state index in [1.165, 1.54) is 4.90 Å². The summed E-state index contributed by atoms with van der Waals surface area (Å²) in [6, 6.07) is 16.6. The minimum atomic E-state index is -0.561. The van der Waals surface area contributed by atoms with Gasteiger partial charge in [-0.05, 0) is 62.2 Å². The molecule has 8 heteroatoms. The Bertz CT molecular complexity index is 1450. The minimum absolute atomic E-state index is 0.0364. The van der Waals surface area contributed by atoms with E-state index in [-0.39, 0.29) is 17.2 Å². The number of methoxy groups -OCH3 is 1. The van der Waals surface area contributed by atoms with Crippen LogP contribution in [0.15, 0.2) is 71.4 Å². The number of aromatic nitrogens is 2. The SMILES string of the molecule is CCC(C)N1C(=O)C(C#N)=C(C)/C(=C\c2cn(-c3ccccc3)nc2-c2ccc(OC)c(Cl)c2)C1=O. The van der Waals surface area contributed by atoms with Gasteiger partial charge in [0.15, 0.2) is 0 Å². The van der Waals surface area contributed by atoms with Gasteiger partial charge in [0, 0.05) is 28.9 Å². The van der Waals surface area contributed by atoms with Crippen molar-refractivity contribution >= 4 is 29.5 Å². The summed E-state index contributed by atoms with van der Waals surface area (Å²) in [6.07, 6.45) is 4.08. The number of hydrogen-bond acceptors (Lipinski definition) is 5. The maximum atomic E-state index is 13.5. The monoisotopic (exact) mass is 500 g/mol. The van der Waals surface area contributed by atoms with Gasteiger partial charge in [0.2, 0.25) is 0 Å². The molecular weight excluding hydrogens is 476 g/mol. The number of carbonyl (C=O) groups is 2. The fourth-order valence-corrected chi connectivity index (χ4v) is 4.34. The van der Waals surface area contributed by atoms with E-state index in [1.54, 1.807) is 43.8 Å². The maximum absolute atomic E-state index is 13.5. The summed E-state index contributed by atoms with van der Waals surface area (Å²) in [7, 11) is 1.54. The van der Waals surface area contributed by atoms with E-state index in [0.717, 1.165) is 11.3 Å². The second-order valence-electron chi connectivity index (χ2n) is 8.47. The van der Waals surface area contributed by atoms with Crippen molar-refractivity contribution < 1.29 is 14.3 Å². The molecule has 36 heavy (non-hydrogen) atoms. The zero-order chi connectivity index (χ0) is 26.0. The average molecular weight is 501 g/mol. The average Bonchev–Trinajstić information content (AvgIpc) is 3.31. The van der Waals surface area contributed by atoms with Gasteiger partial charge in [-0.15, -0.1) is 0 Å². The van der Waals surface area contributed by atoms with E-state index < -0.39 is 11.8 Å². The number of nitrogens with zero attached hydrogens (tertiary/aromatic N) is 4. The van der Waals surface area contributed by atoms with E-state index in [1.807, 2.05) is 55.6 Å². The number of halogens is 1. The van der Waals surface area contributed by atoms with E-state index >= 15 is 0 Å². The molecule has 0 bridgehead atoms. The van der Waals surface area contributed by atoms with Gasteiger partial charge in [0.05, 0.1) is 17.8 Å². The van der Waals surface area contributed by atoms with Crippen molar-refractivity contribution in [1.82, 2.24) is 14.7 Å². The molecule has 2 aromatic carbocycles. The lowest BCUT2D eigenvalue weighted by Crippen LogP contribution is -2.47. The molecule has 2 heterocycles. The molecule has 0 N–H and O–H groups in total. The van der Waals surface area contributed by atoms with Crippen LogP contribution in [-0.4, -0.2) is 39.6 Å². The summed E-state index contributed by atoms with van der Waals surface area (Å²) in [5.74, 6) is -0.462. The standard InChI is InChI=1S/C28H25ClN4O3/c1-5-17(2)33-27(34)22(18(3)23(15-30)28(33)35)13-20-16-32(21-9-7-6-8-10-21)31-26(20)19-11-12-25(36-4)24(29)14-19/h6-14,16-17H,5H2,1-4H3/b22-13+. The summed E-state index contributed by atoms with van der Waals surface area (Å²) < 4.78 is 7.00. The van der Waals surface area contributed by atoms with Crippen LogP contribution in [0, 0.1) is 11.3 Å². The molecule has 182 valence electrons. The number of rotatable bonds is 6. The molecule has 0 saturated carbocycles. The second kappa shape index (κ2) is 10.2. The lowest BCUT2D eigenvalue weighted by atomic mass is 9.92. The molecule has 4 rings (SSSR count). The lowest BCUT2D eigenvalue weighted by molar-refractivity contribution is -0.142. The fourth-order valence-electron chi connectivity index (χ4n) is 4.08. The van der Waals surface area contributed by atoms with Crippen LogP contribution in [0.1, 0.15) is 32.8 Å². The number of hydrogen-bond donors (Lipinski definition) is 0. The highest BCUT2D eigenvalue weighted by molar-refractivity contribution is 6.32. The molecule has 1 unspecified atom stereocenters. The number of benzene rings is 2. The Labute approximate surface area is 214 Å². The van der Waals surface area contributed by atoms with Crippen molar-refractivity contribution in [3.8, 4) is 28.8 Å². The molecule has 2 amide bonds. The maximum Gasteiger partial charge on any atom is 0.271 e. The second-order valence-corrected chi connectivity index (χ2v) is 8.88. The molecule has 0 radical (unpaired) electrons. The number of amides is 2. The summed E-state index contributed by atoms with van der Waals surface area (Å²) in [5.41, 5.74) is 3.37. The Kier molecular flexibility index (Phi) is 7.09. The Hall–Kier alpha value is -4.15. The van der Waals surface area contributed by atoms with Crippen LogP contribution in [-0.2, 0) is 9.59 Å². The van der Waals surface area contributed by atoms with E-state index in [0.29, 0.717) is 34.0 Å². The number of nitriles is 1. The molecule has 0 saturated heterocycles. The van der Waals surface area contributed by atoms with E-state index in [9.17, 15) is 14.9 Å². The fraction of sp³-hybridized carbons (Fsp3) is 0.214. The van der Waals surface area contributed by atoms with Crippen molar-refractivity contribution in [2.24, 2.45) is 0 Å². The highest BCUT2D eigenvalue weighted by atomic mass is 35.5. The Morgan fingerprint density at radius 1 is 1.17 bits per heavy atom. The van der Waals surface area contributed by atoms with Gasteiger partial charge in [0.25, 0.3) is 11.8 Å². The quantitative estimate of drug-likeness (QED) is 0.325. The van der Waals surface area contributed by atoms with Crippen LogP contribution in [0.4, 0.5) is 0 Å². The molecule has 1 aliphatic rings. The molecule has 3 aromatic rings.